The molecule has 0 aromatic heterocycles. The first-order chi connectivity index (χ1) is 8.60. The van der Waals surface area contributed by atoms with Crippen molar-refractivity contribution in [3.8, 4) is 0 Å². The standard InChI is InChI=1S/C12H20N2O3S/c1-18-10-4-2-9(3-5-10)13-12(17)14-6-8(7-14)11(15)16/h8-10H,2-7H2,1H3,(H,13,17)(H,15,16). The molecule has 1 heterocycles. The molecule has 1 aliphatic carbocycles. The summed E-state index contributed by atoms with van der Waals surface area (Å²) in [5.74, 6) is -1.18. The van der Waals surface area contributed by atoms with Crippen molar-refractivity contribution in [2.24, 2.45) is 5.92 Å². The van der Waals surface area contributed by atoms with Gasteiger partial charge in [0.05, 0.1) is 5.92 Å². The third-order valence-electron chi connectivity index (χ3n) is 3.85. The van der Waals surface area contributed by atoms with Gasteiger partial charge in [-0.1, -0.05) is 0 Å². The first-order valence-electron chi connectivity index (χ1n) is 6.41. The fourth-order valence-corrected chi connectivity index (χ4v) is 3.25. The number of likely N-dealkylation sites (tertiary alicyclic amines) is 1. The molecule has 1 saturated carbocycles. The Morgan fingerprint density at radius 2 is 1.83 bits per heavy atom. The maximum Gasteiger partial charge on any atom is 0.317 e. The van der Waals surface area contributed by atoms with E-state index >= 15 is 0 Å². The monoisotopic (exact) mass is 272 g/mol. The Balaban J connectivity index is 1.68. The number of urea groups is 1. The number of carboxylic acids is 1. The molecule has 6 heteroatoms. The molecule has 0 spiro atoms. The van der Waals surface area contributed by atoms with Gasteiger partial charge in [0.15, 0.2) is 0 Å². The van der Waals surface area contributed by atoms with Crippen LogP contribution in [0.4, 0.5) is 4.79 Å². The summed E-state index contributed by atoms with van der Waals surface area (Å²) in [6.45, 7) is 0.697. The summed E-state index contributed by atoms with van der Waals surface area (Å²) in [6, 6.07) is 0.171. The van der Waals surface area contributed by atoms with Crippen molar-refractivity contribution in [1.82, 2.24) is 10.2 Å². The molecule has 2 rings (SSSR count). The van der Waals surface area contributed by atoms with E-state index in [9.17, 15) is 9.59 Å². The van der Waals surface area contributed by atoms with Crippen molar-refractivity contribution in [3.63, 3.8) is 0 Å². The fraction of sp³-hybridized carbons (Fsp3) is 0.833. The molecular weight excluding hydrogens is 252 g/mol. The maximum absolute atomic E-state index is 11.8. The van der Waals surface area contributed by atoms with Gasteiger partial charge in [-0.3, -0.25) is 4.79 Å². The molecule has 2 fully saturated rings. The lowest BCUT2D eigenvalue weighted by Crippen LogP contribution is -2.57. The SMILES string of the molecule is CSC1CCC(NC(=O)N2CC(C(=O)O)C2)CC1. The highest BCUT2D eigenvalue weighted by Gasteiger charge is 2.36. The van der Waals surface area contributed by atoms with Crippen molar-refractivity contribution >= 4 is 23.8 Å². The maximum atomic E-state index is 11.8. The van der Waals surface area contributed by atoms with Gasteiger partial charge in [0.1, 0.15) is 0 Å². The molecule has 1 aliphatic heterocycles. The second-order valence-electron chi connectivity index (χ2n) is 5.10. The number of carbonyl (C=O) groups excluding carboxylic acids is 1. The summed E-state index contributed by atoms with van der Waals surface area (Å²) in [6.07, 6.45) is 6.52. The van der Waals surface area contributed by atoms with Gasteiger partial charge < -0.3 is 15.3 Å². The van der Waals surface area contributed by atoms with Crippen LogP contribution in [0.1, 0.15) is 25.7 Å². The lowest BCUT2D eigenvalue weighted by Gasteiger charge is -2.38. The number of thioether (sulfide) groups is 1. The molecule has 2 aliphatic rings. The van der Waals surface area contributed by atoms with Gasteiger partial charge in [-0.25, -0.2) is 4.79 Å². The van der Waals surface area contributed by atoms with Crippen LogP contribution in [-0.4, -0.2) is 52.6 Å². The van der Waals surface area contributed by atoms with Gasteiger partial charge in [0.2, 0.25) is 0 Å². The molecule has 0 atom stereocenters. The van der Waals surface area contributed by atoms with Crippen molar-refractivity contribution in [2.45, 2.75) is 37.0 Å². The van der Waals surface area contributed by atoms with E-state index in [1.165, 1.54) is 0 Å². The number of carbonyl (C=O) groups is 2. The number of hydrogen-bond acceptors (Lipinski definition) is 3. The zero-order valence-corrected chi connectivity index (χ0v) is 11.4. The van der Waals surface area contributed by atoms with Crippen LogP contribution in [0, 0.1) is 5.92 Å². The quantitative estimate of drug-likeness (QED) is 0.814. The summed E-state index contributed by atoms with van der Waals surface area (Å²) in [7, 11) is 0. The van der Waals surface area contributed by atoms with E-state index < -0.39 is 5.97 Å². The van der Waals surface area contributed by atoms with Crippen LogP contribution in [0.3, 0.4) is 0 Å². The van der Waals surface area contributed by atoms with Crippen LogP contribution < -0.4 is 5.32 Å². The minimum absolute atomic E-state index is 0.0971. The van der Waals surface area contributed by atoms with Gasteiger partial charge in [0, 0.05) is 24.4 Å². The second kappa shape index (κ2) is 5.82. The number of hydrogen-bond donors (Lipinski definition) is 2. The molecular formula is C12H20N2O3S. The molecule has 18 heavy (non-hydrogen) atoms. The normalized spacial score (nSPS) is 28.6. The van der Waals surface area contributed by atoms with Crippen LogP contribution in [-0.2, 0) is 4.79 Å². The Hall–Kier alpha value is -0.910. The Kier molecular flexibility index (Phi) is 4.37. The van der Waals surface area contributed by atoms with Crippen LogP contribution in [0.2, 0.25) is 0 Å². The third kappa shape index (κ3) is 3.10. The van der Waals surface area contributed by atoms with Gasteiger partial charge in [-0.15, -0.1) is 0 Å². The lowest BCUT2D eigenvalue weighted by atomic mass is 9.95. The van der Waals surface area contributed by atoms with E-state index in [0.29, 0.717) is 13.1 Å². The predicted octanol–water partition coefficient (Wildman–Crippen LogP) is 1.39. The lowest BCUT2D eigenvalue weighted by molar-refractivity contribution is -0.146. The minimum Gasteiger partial charge on any atom is -0.481 e. The summed E-state index contributed by atoms with van der Waals surface area (Å²) in [5, 5.41) is 12.5. The minimum atomic E-state index is -0.806. The Labute approximate surface area is 111 Å². The zero-order valence-electron chi connectivity index (χ0n) is 10.6. The predicted molar refractivity (Wildman–Crippen MR) is 70.8 cm³/mol. The van der Waals surface area contributed by atoms with Gasteiger partial charge in [-0.2, -0.15) is 11.8 Å². The van der Waals surface area contributed by atoms with Crippen molar-refractivity contribution in [1.29, 1.82) is 0 Å². The number of nitrogens with one attached hydrogen (secondary N) is 1. The van der Waals surface area contributed by atoms with E-state index in [1.54, 1.807) is 4.90 Å². The molecule has 102 valence electrons. The molecule has 5 nitrogen and oxygen atoms in total. The largest absolute Gasteiger partial charge is 0.481 e. The number of nitrogens with zero attached hydrogens (tertiary/aromatic N) is 1. The summed E-state index contributed by atoms with van der Waals surface area (Å²) < 4.78 is 0. The summed E-state index contributed by atoms with van der Waals surface area (Å²) >= 11 is 1.90. The average Bonchev–Trinajstić information content (AvgIpc) is 2.27. The molecule has 1 saturated heterocycles. The Morgan fingerprint density at radius 3 is 2.33 bits per heavy atom. The molecule has 0 aromatic rings. The van der Waals surface area contributed by atoms with E-state index in [0.717, 1.165) is 30.9 Å². The Morgan fingerprint density at radius 1 is 1.22 bits per heavy atom. The highest BCUT2D eigenvalue weighted by Crippen LogP contribution is 2.27. The van der Waals surface area contributed by atoms with Crippen LogP contribution in [0.15, 0.2) is 0 Å². The zero-order chi connectivity index (χ0) is 13.1. The second-order valence-corrected chi connectivity index (χ2v) is 6.24. The summed E-state index contributed by atoms with van der Waals surface area (Å²) in [4.78, 5) is 24.1. The van der Waals surface area contributed by atoms with Gasteiger partial charge in [-0.05, 0) is 31.9 Å². The first kappa shape index (κ1) is 13.5. The number of carboxylic acid groups (broad SMARTS) is 1. The topological polar surface area (TPSA) is 69.6 Å². The highest BCUT2D eigenvalue weighted by atomic mass is 32.2. The van der Waals surface area contributed by atoms with E-state index in [2.05, 4.69) is 11.6 Å². The van der Waals surface area contributed by atoms with Crippen molar-refractivity contribution in [3.05, 3.63) is 0 Å². The van der Waals surface area contributed by atoms with Crippen molar-refractivity contribution < 1.29 is 14.7 Å². The van der Waals surface area contributed by atoms with Gasteiger partial charge >= 0.3 is 12.0 Å². The molecule has 2 N–H and O–H groups in total. The van der Waals surface area contributed by atoms with Crippen LogP contribution in [0.25, 0.3) is 0 Å². The fourth-order valence-electron chi connectivity index (χ4n) is 2.51. The number of rotatable bonds is 3. The van der Waals surface area contributed by atoms with E-state index in [-0.39, 0.29) is 18.0 Å². The average molecular weight is 272 g/mol. The third-order valence-corrected chi connectivity index (χ3v) is 4.99. The molecule has 2 amide bonds. The highest BCUT2D eigenvalue weighted by molar-refractivity contribution is 7.99. The smallest absolute Gasteiger partial charge is 0.317 e. The van der Waals surface area contributed by atoms with Crippen LogP contribution in [0.5, 0.6) is 0 Å². The molecule has 0 unspecified atom stereocenters. The van der Waals surface area contributed by atoms with E-state index in [4.69, 9.17) is 5.11 Å². The molecule has 0 aromatic carbocycles. The number of amides is 2. The molecule has 0 radical (unpaired) electrons. The first-order valence-corrected chi connectivity index (χ1v) is 7.70. The van der Waals surface area contributed by atoms with E-state index in [1.807, 2.05) is 11.8 Å². The molecule has 0 bridgehead atoms. The number of aliphatic carboxylic acids is 1. The van der Waals surface area contributed by atoms with Gasteiger partial charge in [0.25, 0.3) is 0 Å². The Bertz CT molecular complexity index is 323. The van der Waals surface area contributed by atoms with Crippen molar-refractivity contribution in [2.75, 3.05) is 19.3 Å². The van der Waals surface area contributed by atoms with Crippen LogP contribution >= 0.6 is 11.8 Å². The summed E-state index contributed by atoms with van der Waals surface area (Å²) in [5.41, 5.74) is 0.